The Hall–Kier alpha value is -0.710. The first kappa shape index (κ1) is 11.4. The van der Waals surface area contributed by atoms with Gasteiger partial charge in [-0.05, 0) is 12.8 Å². The highest BCUT2D eigenvalue weighted by molar-refractivity contribution is 7.09. The molecule has 0 radical (unpaired) electrons. The summed E-state index contributed by atoms with van der Waals surface area (Å²) in [6.45, 7) is 8.40. The molecule has 0 spiro atoms. The molecule has 2 saturated heterocycles. The normalized spacial score (nSPS) is 29.6. The molecule has 2 atom stereocenters. The monoisotopic (exact) mass is 249 g/mol. The average molecular weight is 249 g/mol. The van der Waals surface area contributed by atoms with Gasteiger partial charge in [0.25, 0.3) is 0 Å². The van der Waals surface area contributed by atoms with Gasteiger partial charge in [0.05, 0.1) is 6.54 Å². The number of rotatable bonds is 4. The molecular weight excluding hydrogens is 230 g/mol. The Bertz CT molecular complexity index is 376. The van der Waals surface area contributed by atoms with Gasteiger partial charge in [0.15, 0.2) is 0 Å². The lowest BCUT2D eigenvalue weighted by Gasteiger charge is -2.24. The molecule has 0 N–H and O–H groups in total. The summed E-state index contributed by atoms with van der Waals surface area (Å²) in [5.74, 6) is 0. The van der Waals surface area contributed by atoms with Crippen LogP contribution in [0, 0.1) is 0 Å². The maximum absolute atomic E-state index is 4.40. The Morgan fingerprint density at radius 2 is 2.12 bits per heavy atom. The fraction of sp³-hybridized carbons (Fsp3) is 0.615. The van der Waals surface area contributed by atoms with Gasteiger partial charge in [0, 0.05) is 43.3 Å². The number of thiazole rings is 1. The molecule has 0 saturated carbocycles. The molecule has 3 nitrogen and oxygen atoms in total. The summed E-state index contributed by atoms with van der Waals surface area (Å²) >= 11 is 1.77. The van der Waals surface area contributed by atoms with E-state index in [9.17, 15) is 0 Å². The molecule has 0 bridgehead atoms. The molecule has 1 aromatic heterocycles. The first-order valence-electron chi connectivity index (χ1n) is 6.36. The van der Waals surface area contributed by atoms with Crippen molar-refractivity contribution in [3.8, 4) is 0 Å². The minimum Gasteiger partial charge on any atom is -0.295 e. The average Bonchev–Trinajstić information content (AvgIpc) is 3.00. The van der Waals surface area contributed by atoms with E-state index in [-0.39, 0.29) is 0 Å². The van der Waals surface area contributed by atoms with Crippen LogP contribution in [0.25, 0.3) is 0 Å². The molecule has 3 heterocycles. The molecule has 2 fully saturated rings. The van der Waals surface area contributed by atoms with Crippen molar-refractivity contribution in [3.05, 3.63) is 29.2 Å². The highest BCUT2D eigenvalue weighted by atomic mass is 32.1. The van der Waals surface area contributed by atoms with Crippen LogP contribution in [0.2, 0.25) is 0 Å². The lowest BCUT2D eigenvalue weighted by atomic mass is 10.1. The fourth-order valence-corrected chi connectivity index (χ4v) is 3.90. The van der Waals surface area contributed by atoms with E-state index in [2.05, 4.69) is 26.7 Å². The third-order valence-electron chi connectivity index (χ3n) is 3.99. The maximum Gasteiger partial charge on any atom is 0.107 e. The highest BCUT2D eigenvalue weighted by Gasteiger charge is 2.41. The third-order valence-corrected chi connectivity index (χ3v) is 4.76. The SMILES string of the molecule is C=CCN1CC[C@H]2[C@@H]1CCN2Cc1nccs1. The summed E-state index contributed by atoms with van der Waals surface area (Å²) in [5.41, 5.74) is 0. The summed E-state index contributed by atoms with van der Waals surface area (Å²) < 4.78 is 0. The molecule has 92 valence electrons. The summed E-state index contributed by atoms with van der Waals surface area (Å²) in [5, 5.41) is 3.33. The van der Waals surface area contributed by atoms with E-state index < -0.39 is 0 Å². The molecule has 3 rings (SSSR count). The van der Waals surface area contributed by atoms with Crippen LogP contribution in [0.15, 0.2) is 24.2 Å². The van der Waals surface area contributed by atoms with Gasteiger partial charge in [0.1, 0.15) is 5.01 Å². The van der Waals surface area contributed by atoms with Gasteiger partial charge in [-0.25, -0.2) is 4.98 Å². The van der Waals surface area contributed by atoms with Crippen molar-refractivity contribution in [2.45, 2.75) is 31.5 Å². The Kier molecular flexibility index (Phi) is 3.27. The first-order valence-corrected chi connectivity index (χ1v) is 7.24. The number of aromatic nitrogens is 1. The number of nitrogens with zero attached hydrogens (tertiary/aromatic N) is 3. The Balaban J connectivity index is 1.64. The minimum absolute atomic E-state index is 0.749. The largest absolute Gasteiger partial charge is 0.295 e. The van der Waals surface area contributed by atoms with E-state index in [4.69, 9.17) is 0 Å². The van der Waals surface area contributed by atoms with Gasteiger partial charge in [-0.3, -0.25) is 9.80 Å². The van der Waals surface area contributed by atoms with E-state index in [0.29, 0.717) is 0 Å². The molecule has 2 aliphatic heterocycles. The number of hydrogen-bond donors (Lipinski definition) is 0. The van der Waals surface area contributed by atoms with E-state index in [1.165, 1.54) is 30.9 Å². The van der Waals surface area contributed by atoms with Crippen molar-refractivity contribution in [1.29, 1.82) is 0 Å². The number of hydrogen-bond acceptors (Lipinski definition) is 4. The molecule has 0 aromatic carbocycles. The smallest absolute Gasteiger partial charge is 0.107 e. The predicted molar refractivity (Wildman–Crippen MR) is 71.1 cm³/mol. The van der Waals surface area contributed by atoms with Crippen molar-refractivity contribution in [2.24, 2.45) is 0 Å². The van der Waals surface area contributed by atoms with E-state index in [1.54, 1.807) is 11.3 Å². The quantitative estimate of drug-likeness (QED) is 0.761. The molecule has 0 aliphatic carbocycles. The van der Waals surface area contributed by atoms with Crippen LogP contribution in [0.4, 0.5) is 0 Å². The molecule has 1 aromatic rings. The van der Waals surface area contributed by atoms with E-state index in [1.807, 2.05) is 12.3 Å². The van der Waals surface area contributed by atoms with Crippen molar-refractivity contribution >= 4 is 11.3 Å². The predicted octanol–water partition coefficient (Wildman–Crippen LogP) is 1.98. The van der Waals surface area contributed by atoms with Crippen molar-refractivity contribution in [3.63, 3.8) is 0 Å². The molecular formula is C13H19N3S. The Labute approximate surface area is 107 Å². The minimum atomic E-state index is 0.749. The van der Waals surface area contributed by atoms with Gasteiger partial charge < -0.3 is 0 Å². The third kappa shape index (κ3) is 2.17. The molecule has 2 aliphatic rings. The topological polar surface area (TPSA) is 19.4 Å². The van der Waals surface area contributed by atoms with Crippen LogP contribution in [-0.4, -0.2) is 46.5 Å². The first-order chi connectivity index (χ1) is 8.38. The van der Waals surface area contributed by atoms with Crippen LogP contribution in [0.1, 0.15) is 17.8 Å². The maximum atomic E-state index is 4.40. The zero-order valence-corrected chi connectivity index (χ0v) is 10.9. The Morgan fingerprint density at radius 3 is 2.82 bits per heavy atom. The molecule has 4 heteroatoms. The highest BCUT2D eigenvalue weighted by Crippen LogP contribution is 2.32. The lowest BCUT2D eigenvalue weighted by molar-refractivity contribution is 0.225. The van der Waals surface area contributed by atoms with Crippen molar-refractivity contribution < 1.29 is 0 Å². The van der Waals surface area contributed by atoms with Gasteiger partial charge in [-0.2, -0.15) is 0 Å². The summed E-state index contributed by atoms with van der Waals surface area (Å²) in [6.07, 6.45) is 6.56. The van der Waals surface area contributed by atoms with Gasteiger partial charge in [-0.15, -0.1) is 17.9 Å². The molecule has 17 heavy (non-hydrogen) atoms. The van der Waals surface area contributed by atoms with Gasteiger partial charge >= 0.3 is 0 Å². The fourth-order valence-electron chi connectivity index (χ4n) is 3.26. The van der Waals surface area contributed by atoms with Crippen LogP contribution in [0.5, 0.6) is 0 Å². The van der Waals surface area contributed by atoms with Crippen molar-refractivity contribution in [1.82, 2.24) is 14.8 Å². The standard InChI is InChI=1S/C13H19N3S/c1-2-6-15-7-3-12-11(15)4-8-16(12)10-13-14-5-9-17-13/h2,5,9,11-12H,1,3-4,6-8,10H2/t11-,12-/m0/s1. The van der Waals surface area contributed by atoms with Crippen LogP contribution in [-0.2, 0) is 6.54 Å². The zero-order valence-electron chi connectivity index (χ0n) is 10.1. The molecule has 0 unspecified atom stereocenters. The zero-order chi connectivity index (χ0) is 11.7. The Morgan fingerprint density at radius 1 is 1.35 bits per heavy atom. The number of likely N-dealkylation sites (tertiary alicyclic amines) is 2. The van der Waals surface area contributed by atoms with Crippen LogP contribution >= 0.6 is 11.3 Å². The summed E-state index contributed by atoms with van der Waals surface area (Å²) in [6, 6.07) is 1.51. The second-order valence-corrected chi connectivity index (χ2v) is 5.87. The second kappa shape index (κ2) is 4.88. The van der Waals surface area contributed by atoms with Gasteiger partial charge in [0.2, 0.25) is 0 Å². The summed E-state index contributed by atoms with van der Waals surface area (Å²) in [7, 11) is 0. The van der Waals surface area contributed by atoms with Crippen LogP contribution in [0.3, 0.4) is 0 Å². The second-order valence-electron chi connectivity index (χ2n) is 4.89. The lowest BCUT2D eigenvalue weighted by Crippen LogP contribution is -2.36. The van der Waals surface area contributed by atoms with Crippen LogP contribution < -0.4 is 0 Å². The summed E-state index contributed by atoms with van der Waals surface area (Å²) in [4.78, 5) is 9.60. The van der Waals surface area contributed by atoms with E-state index >= 15 is 0 Å². The van der Waals surface area contributed by atoms with Gasteiger partial charge in [-0.1, -0.05) is 6.08 Å². The molecule has 0 amide bonds. The van der Waals surface area contributed by atoms with Crippen molar-refractivity contribution in [2.75, 3.05) is 19.6 Å². The van der Waals surface area contributed by atoms with E-state index in [0.717, 1.165) is 25.2 Å². The number of fused-ring (bicyclic) bond motifs is 1.